The van der Waals surface area contributed by atoms with Gasteiger partial charge in [-0.15, -0.1) is 0 Å². The van der Waals surface area contributed by atoms with Gasteiger partial charge >= 0.3 is 0 Å². The topological polar surface area (TPSA) is 78.5 Å². The van der Waals surface area contributed by atoms with E-state index in [1.807, 2.05) is 13.8 Å². The molecule has 3 amide bonds. The molecule has 0 saturated heterocycles. The molecule has 0 heterocycles. The Morgan fingerprint density at radius 2 is 1.72 bits per heavy atom. The summed E-state index contributed by atoms with van der Waals surface area (Å²) in [4.78, 5) is 38.2. The molecule has 6 nitrogen and oxygen atoms in total. The van der Waals surface area contributed by atoms with Gasteiger partial charge < -0.3 is 15.5 Å². The number of benzene rings is 1. The van der Waals surface area contributed by atoms with Crippen LogP contribution in [0, 0.1) is 11.7 Å². The first kappa shape index (κ1) is 20.6. The van der Waals surface area contributed by atoms with Gasteiger partial charge in [-0.25, -0.2) is 4.39 Å². The molecule has 1 aromatic carbocycles. The van der Waals surface area contributed by atoms with Gasteiger partial charge in [-0.05, 0) is 44.0 Å². The highest BCUT2D eigenvalue weighted by Gasteiger charge is 2.29. The maximum Gasteiger partial charge on any atom is 0.251 e. The van der Waals surface area contributed by atoms with Gasteiger partial charge in [0.25, 0.3) is 5.91 Å². The Morgan fingerprint density at radius 1 is 1.12 bits per heavy atom. The lowest BCUT2D eigenvalue weighted by Gasteiger charge is -2.28. The summed E-state index contributed by atoms with van der Waals surface area (Å²) in [5, 5.41) is 5.34. The second-order valence-electron chi connectivity index (χ2n) is 6.01. The van der Waals surface area contributed by atoms with E-state index in [4.69, 9.17) is 0 Å². The van der Waals surface area contributed by atoms with E-state index in [-0.39, 0.29) is 29.8 Å². The van der Waals surface area contributed by atoms with Crippen molar-refractivity contribution >= 4 is 17.7 Å². The van der Waals surface area contributed by atoms with Gasteiger partial charge in [-0.1, -0.05) is 13.8 Å². The molecule has 0 aliphatic carbocycles. The molecule has 7 heteroatoms. The van der Waals surface area contributed by atoms with E-state index in [0.717, 1.165) is 0 Å². The van der Waals surface area contributed by atoms with Gasteiger partial charge in [0.2, 0.25) is 11.8 Å². The molecule has 1 aromatic rings. The average molecular weight is 351 g/mol. The van der Waals surface area contributed by atoms with Crippen molar-refractivity contribution in [1.29, 1.82) is 0 Å². The van der Waals surface area contributed by atoms with Crippen LogP contribution in [0.1, 0.15) is 38.1 Å². The van der Waals surface area contributed by atoms with Gasteiger partial charge in [-0.3, -0.25) is 14.4 Å². The van der Waals surface area contributed by atoms with Crippen LogP contribution in [0.25, 0.3) is 0 Å². The number of halogens is 1. The molecule has 1 atom stereocenters. The van der Waals surface area contributed by atoms with Crippen molar-refractivity contribution in [1.82, 2.24) is 15.5 Å². The molecular weight excluding hydrogens is 325 g/mol. The van der Waals surface area contributed by atoms with Crippen molar-refractivity contribution in [3.63, 3.8) is 0 Å². The molecule has 1 rings (SSSR count). The van der Waals surface area contributed by atoms with Crippen LogP contribution in [0.4, 0.5) is 4.39 Å². The number of nitrogens with one attached hydrogen (secondary N) is 2. The molecule has 0 aromatic heterocycles. The third kappa shape index (κ3) is 6.17. The van der Waals surface area contributed by atoms with Crippen molar-refractivity contribution in [2.75, 3.05) is 19.6 Å². The Hall–Kier alpha value is -2.44. The monoisotopic (exact) mass is 351 g/mol. The van der Waals surface area contributed by atoms with E-state index >= 15 is 0 Å². The minimum atomic E-state index is -0.771. The summed E-state index contributed by atoms with van der Waals surface area (Å²) < 4.78 is 13.0. The molecular formula is C18H26FN3O3. The minimum absolute atomic E-state index is 0.0567. The molecule has 2 N–H and O–H groups in total. The number of carbonyl (C=O) groups is 3. The van der Waals surface area contributed by atoms with Crippen LogP contribution in [-0.4, -0.2) is 48.3 Å². The highest BCUT2D eigenvalue weighted by atomic mass is 19.1. The summed E-state index contributed by atoms with van der Waals surface area (Å²) in [5.41, 5.74) is 0.270. The van der Waals surface area contributed by atoms with E-state index in [1.54, 1.807) is 13.8 Å². The van der Waals surface area contributed by atoms with Crippen LogP contribution < -0.4 is 10.6 Å². The van der Waals surface area contributed by atoms with Crippen molar-refractivity contribution in [2.24, 2.45) is 5.92 Å². The van der Waals surface area contributed by atoms with Gasteiger partial charge in [-0.2, -0.15) is 0 Å². The maximum absolute atomic E-state index is 13.0. The second-order valence-corrected chi connectivity index (χ2v) is 6.01. The van der Waals surface area contributed by atoms with Crippen LogP contribution in [0.2, 0.25) is 0 Å². The zero-order valence-corrected chi connectivity index (χ0v) is 15.1. The SMILES string of the molecule is CCNC(=O)CN(CC)C(=O)C(NC(=O)c1ccc(F)cc1)C(C)C. The number of nitrogens with zero attached hydrogens (tertiary/aromatic N) is 1. The largest absolute Gasteiger partial charge is 0.355 e. The molecule has 0 bridgehead atoms. The Balaban J connectivity index is 2.86. The van der Waals surface area contributed by atoms with Crippen LogP contribution in [0.5, 0.6) is 0 Å². The zero-order chi connectivity index (χ0) is 19.0. The first-order valence-electron chi connectivity index (χ1n) is 8.42. The highest BCUT2D eigenvalue weighted by molar-refractivity contribution is 5.98. The molecule has 0 radical (unpaired) electrons. The number of rotatable bonds is 8. The molecule has 25 heavy (non-hydrogen) atoms. The summed E-state index contributed by atoms with van der Waals surface area (Å²) in [5.74, 6) is -1.63. The Kier molecular flexibility index (Phi) is 8.04. The van der Waals surface area contributed by atoms with Gasteiger partial charge in [0.15, 0.2) is 0 Å². The molecule has 0 spiro atoms. The molecule has 138 valence electrons. The highest BCUT2D eigenvalue weighted by Crippen LogP contribution is 2.09. The predicted octanol–water partition coefficient (Wildman–Crippen LogP) is 1.56. The summed E-state index contributed by atoms with van der Waals surface area (Å²) in [6.45, 7) is 7.98. The van der Waals surface area contributed by atoms with Crippen LogP contribution >= 0.6 is 0 Å². The number of hydrogen-bond donors (Lipinski definition) is 2. The Morgan fingerprint density at radius 3 is 2.20 bits per heavy atom. The number of amides is 3. The first-order valence-corrected chi connectivity index (χ1v) is 8.42. The standard InChI is InChI=1S/C18H26FN3O3/c1-5-20-15(23)11-22(6-2)18(25)16(12(3)4)21-17(24)13-7-9-14(19)10-8-13/h7-10,12,16H,5-6,11H2,1-4H3,(H,20,23)(H,21,24). The van der Waals surface area contributed by atoms with Gasteiger partial charge in [0, 0.05) is 18.7 Å². The third-order valence-electron chi connectivity index (χ3n) is 3.73. The fourth-order valence-electron chi connectivity index (χ4n) is 2.31. The molecule has 1 unspecified atom stereocenters. The van der Waals surface area contributed by atoms with Gasteiger partial charge in [0.05, 0.1) is 6.54 Å². The summed E-state index contributed by atoms with van der Waals surface area (Å²) >= 11 is 0. The molecule has 0 fully saturated rings. The Bertz CT molecular complexity index is 602. The van der Waals surface area contributed by atoms with E-state index in [0.29, 0.717) is 13.1 Å². The van der Waals surface area contributed by atoms with E-state index in [1.165, 1.54) is 29.2 Å². The summed E-state index contributed by atoms with van der Waals surface area (Å²) in [6.07, 6.45) is 0. The van der Waals surface area contributed by atoms with Crippen molar-refractivity contribution in [3.8, 4) is 0 Å². The maximum atomic E-state index is 13.0. The molecule has 0 saturated carbocycles. The Labute approximate surface area is 147 Å². The van der Waals surface area contributed by atoms with E-state index in [2.05, 4.69) is 10.6 Å². The number of likely N-dealkylation sites (N-methyl/N-ethyl adjacent to an activating group) is 2. The number of carbonyl (C=O) groups excluding carboxylic acids is 3. The zero-order valence-electron chi connectivity index (χ0n) is 15.1. The fourth-order valence-corrected chi connectivity index (χ4v) is 2.31. The second kappa shape index (κ2) is 9.76. The number of hydrogen-bond acceptors (Lipinski definition) is 3. The average Bonchev–Trinajstić information content (AvgIpc) is 2.57. The fraction of sp³-hybridized carbons (Fsp3) is 0.500. The third-order valence-corrected chi connectivity index (χ3v) is 3.73. The smallest absolute Gasteiger partial charge is 0.251 e. The van der Waals surface area contributed by atoms with E-state index < -0.39 is 17.8 Å². The van der Waals surface area contributed by atoms with Gasteiger partial charge in [0.1, 0.15) is 11.9 Å². The van der Waals surface area contributed by atoms with E-state index in [9.17, 15) is 18.8 Å². The summed E-state index contributed by atoms with van der Waals surface area (Å²) in [7, 11) is 0. The lowest BCUT2D eigenvalue weighted by Crippen LogP contribution is -2.53. The first-order chi connectivity index (χ1) is 11.8. The minimum Gasteiger partial charge on any atom is -0.355 e. The van der Waals surface area contributed by atoms with Crippen LogP contribution in [-0.2, 0) is 9.59 Å². The molecule has 0 aliphatic heterocycles. The summed E-state index contributed by atoms with van der Waals surface area (Å²) in [6, 6.07) is 4.33. The predicted molar refractivity (Wildman–Crippen MR) is 93.4 cm³/mol. The quantitative estimate of drug-likeness (QED) is 0.746. The normalized spacial score (nSPS) is 11.8. The van der Waals surface area contributed by atoms with Crippen molar-refractivity contribution in [2.45, 2.75) is 33.7 Å². The lowest BCUT2D eigenvalue weighted by atomic mass is 10.0. The van der Waals surface area contributed by atoms with Crippen LogP contribution in [0.15, 0.2) is 24.3 Å². The lowest BCUT2D eigenvalue weighted by molar-refractivity contribution is -0.138. The van der Waals surface area contributed by atoms with Crippen molar-refractivity contribution in [3.05, 3.63) is 35.6 Å². The van der Waals surface area contributed by atoms with Crippen molar-refractivity contribution < 1.29 is 18.8 Å². The molecule has 0 aliphatic rings. The van der Waals surface area contributed by atoms with Crippen LogP contribution in [0.3, 0.4) is 0 Å².